The predicted molar refractivity (Wildman–Crippen MR) is 144 cm³/mol. The summed E-state index contributed by atoms with van der Waals surface area (Å²) in [5.74, 6) is -0.492. The van der Waals surface area contributed by atoms with Crippen molar-refractivity contribution >= 4 is 49.9 Å². The SMILES string of the molecule is Nc1nc2c(ncn2C2CC(O)C(CC3(COP(=O)(O)O)OC(n4cnc5c(=O)[nH]c(N)nc54)CC3OP(=O)([O-])O)O2)c(=O)[nH]1. The first kappa shape index (κ1) is 31.4. The van der Waals surface area contributed by atoms with Gasteiger partial charge in [-0.3, -0.25) is 37.8 Å². The highest BCUT2D eigenvalue weighted by Gasteiger charge is 2.56. The smallest absolute Gasteiger partial charge is 0.469 e. The van der Waals surface area contributed by atoms with Gasteiger partial charge in [0, 0.05) is 19.3 Å². The minimum Gasteiger partial charge on any atom is -0.756 e. The zero-order chi connectivity index (χ0) is 32.5. The number of aliphatic hydroxyl groups is 1. The number of ether oxygens (including phenoxy) is 2. The average molecular weight is 675 g/mol. The van der Waals surface area contributed by atoms with Gasteiger partial charge >= 0.3 is 7.82 Å². The molecule has 4 aromatic heterocycles. The van der Waals surface area contributed by atoms with Crippen LogP contribution in [0.3, 0.4) is 0 Å². The van der Waals surface area contributed by atoms with E-state index in [1.165, 1.54) is 15.5 Å². The lowest BCUT2D eigenvalue weighted by molar-refractivity contribution is -0.232. The van der Waals surface area contributed by atoms with Crippen LogP contribution in [0.2, 0.25) is 0 Å². The van der Waals surface area contributed by atoms with Crippen LogP contribution in [-0.2, 0) is 27.7 Å². The number of H-pyrrole nitrogens is 2. The lowest BCUT2D eigenvalue weighted by atomic mass is 9.89. The molecule has 0 spiro atoms. The van der Waals surface area contributed by atoms with E-state index in [1.807, 2.05) is 0 Å². The Kier molecular flexibility index (Phi) is 7.69. The summed E-state index contributed by atoms with van der Waals surface area (Å²) in [7, 11) is -10.8. The monoisotopic (exact) mass is 675 g/mol. The molecule has 6 heterocycles. The molecule has 6 rings (SSSR count). The van der Waals surface area contributed by atoms with Gasteiger partial charge in [0.25, 0.3) is 18.9 Å². The summed E-state index contributed by atoms with van der Waals surface area (Å²) in [4.78, 5) is 85.7. The number of aromatic nitrogens is 8. The molecule has 0 bridgehead atoms. The van der Waals surface area contributed by atoms with E-state index in [1.54, 1.807) is 0 Å². The molecule has 244 valence electrons. The molecule has 7 atom stereocenters. The van der Waals surface area contributed by atoms with Crippen LogP contribution in [0.4, 0.5) is 11.9 Å². The van der Waals surface area contributed by atoms with Crippen molar-refractivity contribution in [3.05, 3.63) is 33.4 Å². The maximum Gasteiger partial charge on any atom is 0.469 e. The number of aliphatic hydroxyl groups excluding tert-OH is 1. The number of phosphoric acid groups is 2. The standard InChI is InChI=1S/C20H26N10O13P2/c21-18-25-14-12(16(32)27-18)23-5-29(14)10-1-7(31)8(41-10)3-20(4-40-44(34,35)36)9(43-45(37,38)39)2-11(42-20)30-6-24-13-15(30)26-19(22)28-17(13)33/h5-11,31H,1-4H2,(H2,34,35,36)(H2,37,38,39)(H3,21,25,27,32)(H3,22,26,28,33)/p-1. The molecule has 7 unspecified atom stereocenters. The van der Waals surface area contributed by atoms with Crippen molar-refractivity contribution in [2.45, 2.75) is 55.6 Å². The summed E-state index contributed by atoms with van der Waals surface area (Å²) in [6, 6.07) is 0. The van der Waals surface area contributed by atoms with Crippen molar-refractivity contribution in [1.29, 1.82) is 0 Å². The molecule has 0 radical (unpaired) electrons. The van der Waals surface area contributed by atoms with Crippen LogP contribution in [0.5, 0.6) is 0 Å². The molecule has 0 amide bonds. The first-order valence-corrected chi connectivity index (χ1v) is 15.9. The molecule has 25 heteroatoms. The Morgan fingerprint density at radius 1 is 1.00 bits per heavy atom. The van der Waals surface area contributed by atoms with Gasteiger partial charge in [0.2, 0.25) is 11.9 Å². The number of hydrogen-bond donors (Lipinski definition) is 8. The summed E-state index contributed by atoms with van der Waals surface area (Å²) in [6.07, 6.45) is -5.27. The largest absolute Gasteiger partial charge is 0.756 e. The number of anilines is 2. The van der Waals surface area contributed by atoms with E-state index in [2.05, 4.69) is 29.9 Å². The predicted octanol–water partition coefficient (Wildman–Crippen LogP) is -2.93. The van der Waals surface area contributed by atoms with Gasteiger partial charge in [-0.05, 0) is 0 Å². The summed E-state index contributed by atoms with van der Waals surface area (Å²) in [5, 5.41) is 11.0. The lowest BCUT2D eigenvalue weighted by Crippen LogP contribution is -2.49. The van der Waals surface area contributed by atoms with Crippen LogP contribution in [-0.4, -0.2) is 89.3 Å². The molecular formula is C20H25N10O13P2-. The van der Waals surface area contributed by atoms with Crippen LogP contribution >= 0.6 is 15.6 Å². The summed E-state index contributed by atoms with van der Waals surface area (Å²) < 4.78 is 48.1. The fourth-order valence-electron chi connectivity index (χ4n) is 5.54. The van der Waals surface area contributed by atoms with E-state index in [9.17, 15) is 43.4 Å². The third-order valence-corrected chi connectivity index (χ3v) is 8.37. The molecule has 2 aliphatic heterocycles. The topological polar surface area (TPSA) is 354 Å². The van der Waals surface area contributed by atoms with Gasteiger partial charge in [-0.1, -0.05) is 0 Å². The zero-order valence-electron chi connectivity index (χ0n) is 22.6. The third-order valence-electron chi connectivity index (χ3n) is 7.38. The number of phosphoric ester groups is 2. The molecule has 0 saturated carbocycles. The summed E-state index contributed by atoms with van der Waals surface area (Å²) >= 11 is 0. The van der Waals surface area contributed by atoms with Crippen LogP contribution in [0.1, 0.15) is 31.7 Å². The fourth-order valence-corrected chi connectivity index (χ4v) is 6.53. The van der Waals surface area contributed by atoms with Gasteiger partial charge in [0.1, 0.15) is 24.2 Å². The number of nitrogens with zero attached hydrogens (tertiary/aromatic N) is 6. The number of hydrogen-bond acceptors (Lipinski definition) is 16. The number of aromatic amines is 2. The number of nitrogens with two attached hydrogens (primary N) is 2. The number of imidazole rings is 2. The van der Waals surface area contributed by atoms with E-state index < -0.39 is 82.6 Å². The summed E-state index contributed by atoms with van der Waals surface area (Å²) in [5.41, 5.74) is 7.58. The van der Waals surface area contributed by atoms with Gasteiger partial charge in [-0.25, -0.2) is 14.5 Å². The van der Waals surface area contributed by atoms with Gasteiger partial charge in [0.15, 0.2) is 22.3 Å². The fraction of sp³-hybridized carbons (Fsp3) is 0.500. The van der Waals surface area contributed by atoms with Gasteiger partial charge < -0.3 is 50.1 Å². The van der Waals surface area contributed by atoms with E-state index in [4.69, 9.17) is 30.0 Å². The number of nitrogens with one attached hydrogen (secondary N) is 2. The second-order valence-corrected chi connectivity index (χ2v) is 12.8. The second-order valence-electron chi connectivity index (χ2n) is 10.4. The minimum absolute atomic E-state index is 0.0355. The van der Waals surface area contributed by atoms with Crippen molar-refractivity contribution in [3.63, 3.8) is 0 Å². The first-order valence-electron chi connectivity index (χ1n) is 12.9. The zero-order valence-corrected chi connectivity index (χ0v) is 24.4. The Balaban J connectivity index is 1.37. The highest BCUT2D eigenvalue weighted by Crippen LogP contribution is 2.51. The summed E-state index contributed by atoms with van der Waals surface area (Å²) in [6.45, 7) is -1.03. The quantitative estimate of drug-likeness (QED) is 0.0823. The van der Waals surface area contributed by atoms with E-state index in [0.29, 0.717) is 0 Å². The van der Waals surface area contributed by atoms with E-state index in [0.717, 1.165) is 6.33 Å². The van der Waals surface area contributed by atoms with Gasteiger partial charge in [0.05, 0.1) is 31.5 Å². The highest BCUT2D eigenvalue weighted by atomic mass is 31.2. The van der Waals surface area contributed by atoms with E-state index in [-0.39, 0.29) is 40.6 Å². The van der Waals surface area contributed by atoms with Gasteiger partial charge in [-0.2, -0.15) is 9.97 Å². The van der Waals surface area contributed by atoms with Crippen LogP contribution in [0.25, 0.3) is 22.3 Å². The lowest BCUT2D eigenvalue weighted by Gasteiger charge is -2.37. The second kappa shape index (κ2) is 11.0. The number of rotatable bonds is 9. The van der Waals surface area contributed by atoms with Crippen molar-refractivity contribution < 1.29 is 52.3 Å². The number of nitrogen functional groups attached to an aromatic ring is 2. The molecule has 2 aliphatic rings. The van der Waals surface area contributed by atoms with Crippen molar-refractivity contribution in [3.8, 4) is 0 Å². The Hall–Kier alpha value is -3.60. The molecule has 23 nitrogen and oxygen atoms in total. The van der Waals surface area contributed by atoms with Crippen LogP contribution in [0, 0.1) is 0 Å². The average Bonchev–Trinajstić information content (AvgIpc) is 3.67. The molecule has 0 aromatic carbocycles. The Morgan fingerprint density at radius 2 is 1.56 bits per heavy atom. The Bertz CT molecular complexity index is 1980. The van der Waals surface area contributed by atoms with Crippen molar-refractivity contribution in [2.24, 2.45) is 0 Å². The molecule has 45 heavy (non-hydrogen) atoms. The first-order chi connectivity index (χ1) is 21.0. The Morgan fingerprint density at radius 3 is 2.09 bits per heavy atom. The third kappa shape index (κ3) is 6.15. The van der Waals surface area contributed by atoms with Crippen LogP contribution < -0.4 is 27.5 Å². The molecule has 2 saturated heterocycles. The maximum atomic E-state index is 12.3. The number of fused-ring (bicyclic) bond motifs is 2. The molecule has 10 N–H and O–H groups in total. The maximum absolute atomic E-state index is 12.3. The van der Waals surface area contributed by atoms with Crippen molar-refractivity contribution in [2.75, 3.05) is 18.1 Å². The highest BCUT2D eigenvalue weighted by molar-refractivity contribution is 7.46. The van der Waals surface area contributed by atoms with E-state index >= 15 is 0 Å². The van der Waals surface area contributed by atoms with Crippen molar-refractivity contribution in [1.82, 2.24) is 39.0 Å². The minimum atomic E-state index is -5.54. The van der Waals surface area contributed by atoms with Crippen LogP contribution in [0.15, 0.2) is 22.2 Å². The molecular weight excluding hydrogens is 650 g/mol. The Labute approximate surface area is 248 Å². The normalized spacial score (nSPS) is 28.7. The van der Waals surface area contributed by atoms with Gasteiger partial charge in [-0.15, -0.1) is 0 Å². The molecule has 4 aromatic rings. The molecule has 0 aliphatic carbocycles. The molecule has 2 fully saturated rings.